The predicted molar refractivity (Wildman–Crippen MR) is 50.2 cm³/mol. The minimum Gasteiger partial charge on any atom is -0.387 e. The van der Waals surface area contributed by atoms with Crippen LogP contribution in [0.4, 0.5) is 0 Å². The molecule has 1 atom stereocenters. The van der Waals surface area contributed by atoms with Crippen molar-refractivity contribution in [3.63, 3.8) is 0 Å². The summed E-state index contributed by atoms with van der Waals surface area (Å²) >= 11 is 0. The van der Waals surface area contributed by atoms with Crippen LogP contribution in [0.25, 0.3) is 0 Å². The number of hydrogen-bond acceptors (Lipinski definition) is 2. The Balaban J connectivity index is 2.05. The van der Waals surface area contributed by atoms with Gasteiger partial charge in [-0.2, -0.15) is 5.10 Å². The van der Waals surface area contributed by atoms with E-state index in [-0.39, 0.29) is 6.10 Å². The Hall–Kier alpha value is -0.830. The van der Waals surface area contributed by atoms with Crippen molar-refractivity contribution in [3.05, 3.63) is 17.5 Å². The summed E-state index contributed by atoms with van der Waals surface area (Å²) in [7, 11) is 1.91. The summed E-state index contributed by atoms with van der Waals surface area (Å²) < 4.78 is 1.81. The van der Waals surface area contributed by atoms with E-state index < -0.39 is 0 Å². The second-order valence-corrected chi connectivity index (χ2v) is 4.03. The van der Waals surface area contributed by atoms with Crippen molar-refractivity contribution < 1.29 is 5.11 Å². The van der Waals surface area contributed by atoms with Crippen molar-refractivity contribution in [3.8, 4) is 0 Å². The number of hydrogen-bond donors (Lipinski definition) is 1. The molecule has 1 fully saturated rings. The molecule has 2 rings (SSSR count). The molecule has 0 radical (unpaired) electrons. The van der Waals surface area contributed by atoms with Crippen LogP contribution in [0.3, 0.4) is 0 Å². The standard InChI is InChI=1S/C10H16N2O/c1-7-5-9(11-12(7)2)10(13)6-8-3-4-8/h5,8,10,13H,3-4,6H2,1-2H3/t10-/m0/s1. The SMILES string of the molecule is Cc1cc([C@@H](O)CC2CC2)nn1C. The van der Waals surface area contributed by atoms with E-state index in [1.165, 1.54) is 12.8 Å². The topological polar surface area (TPSA) is 38.1 Å². The summed E-state index contributed by atoms with van der Waals surface area (Å²) in [5, 5.41) is 14.1. The minimum atomic E-state index is -0.354. The average Bonchev–Trinajstić information content (AvgIpc) is 2.81. The first-order valence-corrected chi connectivity index (χ1v) is 4.85. The van der Waals surface area contributed by atoms with E-state index in [1.807, 2.05) is 24.7 Å². The molecule has 0 aromatic carbocycles. The summed E-state index contributed by atoms with van der Waals surface area (Å²) in [4.78, 5) is 0. The highest BCUT2D eigenvalue weighted by molar-refractivity contribution is 5.11. The molecule has 1 aromatic rings. The zero-order valence-electron chi connectivity index (χ0n) is 8.20. The van der Waals surface area contributed by atoms with Gasteiger partial charge in [0.25, 0.3) is 0 Å². The van der Waals surface area contributed by atoms with Gasteiger partial charge in [0.2, 0.25) is 0 Å². The van der Waals surface area contributed by atoms with Crippen molar-refractivity contribution in [2.45, 2.75) is 32.3 Å². The van der Waals surface area contributed by atoms with E-state index in [9.17, 15) is 5.11 Å². The van der Waals surface area contributed by atoms with Gasteiger partial charge in [0, 0.05) is 12.7 Å². The lowest BCUT2D eigenvalue weighted by Crippen LogP contribution is -2.00. The van der Waals surface area contributed by atoms with Gasteiger partial charge < -0.3 is 5.11 Å². The lowest BCUT2D eigenvalue weighted by atomic mass is 10.1. The van der Waals surface area contributed by atoms with Crippen LogP contribution in [0.1, 0.15) is 36.8 Å². The molecule has 0 unspecified atom stereocenters. The molecule has 1 aliphatic rings. The molecule has 0 saturated heterocycles. The van der Waals surface area contributed by atoms with Crippen LogP contribution in [0.2, 0.25) is 0 Å². The van der Waals surface area contributed by atoms with E-state index in [1.54, 1.807) is 0 Å². The Kier molecular flexibility index (Phi) is 2.12. The molecule has 3 heteroatoms. The fraction of sp³-hybridized carbons (Fsp3) is 0.700. The molecule has 13 heavy (non-hydrogen) atoms. The number of aromatic nitrogens is 2. The van der Waals surface area contributed by atoms with Gasteiger partial charge in [-0.3, -0.25) is 4.68 Å². The van der Waals surface area contributed by atoms with E-state index in [0.29, 0.717) is 0 Å². The quantitative estimate of drug-likeness (QED) is 0.766. The Labute approximate surface area is 78.4 Å². The van der Waals surface area contributed by atoms with Gasteiger partial charge in [-0.05, 0) is 25.3 Å². The van der Waals surface area contributed by atoms with Crippen molar-refractivity contribution in [2.24, 2.45) is 13.0 Å². The number of aryl methyl sites for hydroxylation is 2. The Bertz CT molecular complexity index is 282. The zero-order valence-corrected chi connectivity index (χ0v) is 8.20. The average molecular weight is 180 g/mol. The second-order valence-electron chi connectivity index (χ2n) is 4.03. The first-order valence-electron chi connectivity index (χ1n) is 4.85. The zero-order chi connectivity index (χ0) is 9.42. The normalized spacial score (nSPS) is 19.0. The van der Waals surface area contributed by atoms with Crippen molar-refractivity contribution in [1.29, 1.82) is 0 Å². The van der Waals surface area contributed by atoms with E-state index >= 15 is 0 Å². The number of aliphatic hydroxyl groups excluding tert-OH is 1. The lowest BCUT2D eigenvalue weighted by Gasteiger charge is -2.04. The highest BCUT2D eigenvalue weighted by atomic mass is 16.3. The first-order chi connectivity index (χ1) is 6.16. The first kappa shape index (κ1) is 8.75. The van der Waals surface area contributed by atoms with Crippen LogP contribution in [0.15, 0.2) is 6.07 Å². The fourth-order valence-electron chi connectivity index (χ4n) is 1.54. The van der Waals surface area contributed by atoms with Crippen molar-refractivity contribution >= 4 is 0 Å². The molecule has 1 heterocycles. The largest absolute Gasteiger partial charge is 0.387 e. The maximum Gasteiger partial charge on any atom is 0.0981 e. The summed E-state index contributed by atoms with van der Waals surface area (Å²) in [5.74, 6) is 0.748. The Morgan fingerprint density at radius 2 is 2.38 bits per heavy atom. The molecular formula is C10H16N2O. The molecule has 1 saturated carbocycles. The van der Waals surface area contributed by atoms with Crippen LogP contribution in [-0.2, 0) is 7.05 Å². The van der Waals surface area contributed by atoms with Gasteiger partial charge in [0.05, 0.1) is 11.8 Å². The molecule has 72 valence electrons. The van der Waals surface area contributed by atoms with Gasteiger partial charge in [-0.25, -0.2) is 0 Å². The van der Waals surface area contributed by atoms with Crippen molar-refractivity contribution in [1.82, 2.24) is 9.78 Å². The molecule has 0 bridgehead atoms. The number of aliphatic hydroxyl groups is 1. The molecule has 1 N–H and O–H groups in total. The van der Waals surface area contributed by atoms with E-state index in [2.05, 4.69) is 5.10 Å². The van der Waals surface area contributed by atoms with Crippen LogP contribution in [0.5, 0.6) is 0 Å². The third kappa shape index (κ3) is 1.91. The molecule has 0 amide bonds. The van der Waals surface area contributed by atoms with Crippen LogP contribution < -0.4 is 0 Å². The number of nitrogens with zero attached hydrogens (tertiary/aromatic N) is 2. The molecule has 1 aromatic heterocycles. The Morgan fingerprint density at radius 3 is 2.85 bits per heavy atom. The van der Waals surface area contributed by atoms with Gasteiger partial charge in [0.1, 0.15) is 0 Å². The summed E-state index contributed by atoms with van der Waals surface area (Å²) in [5.41, 5.74) is 1.93. The number of rotatable bonds is 3. The van der Waals surface area contributed by atoms with Crippen LogP contribution in [0, 0.1) is 12.8 Å². The van der Waals surface area contributed by atoms with Gasteiger partial charge in [0.15, 0.2) is 0 Å². The predicted octanol–water partition coefficient (Wildman–Crippen LogP) is 1.56. The van der Waals surface area contributed by atoms with Gasteiger partial charge >= 0.3 is 0 Å². The third-order valence-corrected chi connectivity index (χ3v) is 2.73. The van der Waals surface area contributed by atoms with Gasteiger partial charge in [-0.1, -0.05) is 12.8 Å². The summed E-state index contributed by atoms with van der Waals surface area (Å²) in [6, 6.07) is 1.97. The maximum atomic E-state index is 9.79. The van der Waals surface area contributed by atoms with Gasteiger partial charge in [-0.15, -0.1) is 0 Å². The molecule has 3 nitrogen and oxygen atoms in total. The second kappa shape index (κ2) is 3.14. The molecule has 1 aliphatic carbocycles. The van der Waals surface area contributed by atoms with E-state index in [4.69, 9.17) is 0 Å². The lowest BCUT2D eigenvalue weighted by molar-refractivity contribution is 0.155. The molecule has 0 spiro atoms. The summed E-state index contributed by atoms with van der Waals surface area (Å²) in [6.07, 6.45) is 3.09. The third-order valence-electron chi connectivity index (χ3n) is 2.73. The van der Waals surface area contributed by atoms with E-state index in [0.717, 1.165) is 23.7 Å². The van der Waals surface area contributed by atoms with Crippen molar-refractivity contribution in [2.75, 3.05) is 0 Å². The highest BCUT2D eigenvalue weighted by Gasteiger charge is 2.26. The highest BCUT2D eigenvalue weighted by Crippen LogP contribution is 2.37. The maximum absolute atomic E-state index is 9.79. The minimum absolute atomic E-state index is 0.354. The van der Waals surface area contributed by atoms with Crippen LogP contribution in [-0.4, -0.2) is 14.9 Å². The summed E-state index contributed by atoms with van der Waals surface area (Å²) in [6.45, 7) is 2.00. The smallest absolute Gasteiger partial charge is 0.0981 e. The monoisotopic (exact) mass is 180 g/mol. The van der Waals surface area contributed by atoms with Crippen LogP contribution >= 0.6 is 0 Å². The molecular weight excluding hydrogens is 164 g/mol. The fourth-order valence-corrected chi connectivity index (χ4v) is 1.54. The molecule has 0 aliphatic heterocycles. The Morgan fingerprint density at radius 1 is 1.69 bits per heavy atom.